The molecular weight excluding hydrogens is 376 g/mol. The fourth-order valence-corrected chi connectivity index (χ4v) is 4.89. The van der Waals surface area contributed by atoms with Gasteiger partial charge in [0, 0.05) is 24.3 Å². The molecule has 1 aliphatic heterocycles. The summed E-state index contributed by atoms with van der Waals surface area (Å²) >= 11 is 0. The molecule has 0 bridgehead atoms. The van der Waals surface area contributed by atoms with Gasteiger partial charge in [-0.1, -0.05) is 25.0 Å². The van der Waals surface area contributed by atoms with Gasteiger partial charge in [0.2, 0.25) is 10.0 Å². The number of carbonyl (C=O) groups is 1. The van der Waals surface area contributed by atoms with Crippen LogP contribution in [0.25, 0.3) is 0 Å². The van der Waals surface area contributed by atoms with Crippen molar-refractivity contribution in [1.29, 1.82) is 0 Å². The number of hydrogen-bond donors (Lipinski definition) is 1. The van der Waals surface area contributed by atoms with E-state index in [2.05, 4.69) is 5.32 Å². The first-order valence-electron chi connectivity index (χ1n) is 9.48. The van der Waals surface area contributed by atoms with Crippen molar-refractivity contribution in [1.82, 2.24) is 4.31 Å². The van der Waals surface area contributed by atoms with E-state index in [0.717, 1.165) is 31.2 Å². The van der Waals surface area contributed by atoms with Crippen LogP contribution in [-0.4, -0.2) is 38.8 Å². The Hall–Kier alpha value is -2.38. The molecule has 6 nitrogen and oxygen atoms in total. The van der Waals surface area contributed by atoms with Crippen LogP contribution in [0, 0.1) is 6.92 Å². The molecule has 1 fully saturated rings. The molecule has 1 amide bonds. The number of anilines is 1. The largest absolute Gasteiger partial charge is 0.496 e. The first kappa shape index (κ1) is 20.4. The Balaban J connectivity index is 1.80. The molecule has 0 spiro atoms. The van der Waals surface area contributed by atoms with Crippen molar-refractivity contribution < 1.29 is 17.9 Å². The minimum absolute atomic E-state index is 0.202. The smallest absolute Gasteiger partial charge is 0.255 e. The van der Waals surface area contributed by atoms with E-state index >= 15 is 0 Å². The SMILES string of the molecule is COc1cc(C(=O)Nc2cccc(S(=O)(=O)N3CCCCCC3)c2)ccc1C. The number of benzene rings is 2. The number of ether oxygens (including phenoxy) is 1. The highest BCUT2D eigenvalue weighted by Gasteiger charge is 2.25. The van der Waals surface area contributed by atoms with E-state index in [-0.39, 0.29) is 10.8 Å². The van der Waals surface area contributed by atoms with Crippen molar-refractivity contribution in [2.45, 2.75) is 37.5 Å². The molecule has 0 atom stereocenters. The van der Waals surface area contributed by atoms with Crippen LogP contribution < -0.4 is 10.1 Å². The maximum atomic E-state index is 13.0. The van der Waals surface area contributed by atoms with E-state index in [1.54, 1.807) is 41.7 Å². The number of hydrogen-bond acceptors (Lipinski definition) is 4. The number of nitrogens with one attached hydrogen (secondary N) is 1. The molecule has 2 aromatic carbocycles. The molecule has 1 saturated heterocycles. The molecule has 2 aromatic rings. The highest BCUT2D eigenvalue weighted by atomic mass is 32.2. The number of methoxy groups -OCH3 is 1. The number of carbonyl (C=O) groups excluding carboxylic acids is 1. The zero-order valence-electron chi connectivity index (χ0n) is 16.3. The molecule has 0 aromatic heterocycles. The third-order valence-electron chi connectivity index (χ3n) is 4.96. The van der Waals surface area contributed by atoms with Crippen LogP contribution in [-0.2, 0) is 10.0 Å². The van der Waals surface area contributed by atoms with Gasteiger partial charge in [0.1, 0.15) is 5.75 Å². The van der Waals surface area contributed by atoms with Crippen LogP contribution in [0.15, 0.2) is 47.4 Å². The molecule has 150 valence electrons. The van der Waals surface area contributed by atoms with Crippen molar-refractivity contribution in [3.05, 3.63) is 53.6 Å². The van der Waals surface area contributed by atoms with Crippen LogP contribution in [0.5, 0.6) is 5.75 Å². The van der Waals surface area contributed by atoms with Gasteiger partial charge in [-0.25, -0.2) is 8.42 Å². The summed E-state index contributed by atoms with van der Waals surface area (Å²) in [6.07, 6.45) is 3.88. The van der Waals surface area contributed by atoms with Crippen molar-refractivity contribution in [2.75, 3.05) is 25.5 Å². The van der Waals surface area contributed by atoms with Crippen molar-refractivity contribution in [3.8, 4) is 5.75 Å². The Morgan fingerprint density at radius 3 is 2.43 bits per heavy atom. The second-order valence-electron chi connectivity index (χ2n) is 6.98. The summed E-state index contributed by atoms with van der Waals surface area (Å²) in [5, 5.41) is 2.78. The topological polar surface area (TPSA) is 75.7 Å². The molecule has 28 heavy (non-hydrogen) atoms. The summed E-state index contributed by atoms with van der Waals surface area (Å²) in [4.78, 5) is 12.8. The highest BCUT2D eigenvalue weighted by molar-refractivity contribution is 7.89. The summed E-state index contributed by atoms with van der Waals surface area (Å²) in [7, 11) is -2.01. The molecule has 1 heterocycles. The maximum absolute atomic E-state index is 13.0. The van der Waals surface area contributed by atoms with Gasteiger partial charge in [0.25, 0.3) is 5.91 Å². The van der Waals surface area contributed by atoms with Gasteiger partial charge < -0.3 is 10.1 Å². The lowest BCUT2D eigenvalue weighted by molar-refractivity contribution is 0.102. The van der Waals surface area contributed by atoms with Crippen LogP contribution >= 0.6 is 0 Å². The molecule has 3 rings (SSSR count). The predicted molar refractivity (Wildman–Crippen MR) is 109 cm³/mol. The van der Waals surface area contributed by atoms with Crippen molar-refractivity contribution >= 4 is 21.6 Å². The fraction of sp³-hybridized carbons (Fsp3) is 0.381. The first-order chi connectivity index (χ1) is 13.4. The number of sulfonamides is 1. The lowest BCUT2D eigenvalue weighted by Gasteiger charge is -2.20. The predicted octanol–water partition coefficient (Wildman–Crippen LogP) is 3.82. The number of nitrogens with zero attached hydrogens (tertiary/aromatic N) is 1. The minimum atomic E-state index is -3.56. The van der Waals surface area contributed by atoms with Crippen LogP contribution in [0.1, 0.15) is 41.6 Å². The summed E-state index contributed by atoms with van der Waals surface area (Å²) in [6, 6.07) is 11.6. The van der Waals surface area contributed by atoms with Gasteiger partial charge in [-0.3, -0.25) is 4.79 Å². The summed E-state index contributed by atoms with van der Waals surface area (Å²) < 4.78 is 32.7. The van der Waals surface area contributed by atoms with Crippen molar-refractivity contribution in [2.24, 2.45) is 0 Å². The Bertz CT molecular complexity index is 949. The molecule has 0 radical (unpaired) electrons. The average Bonchev–Trinajstić information content (AvgIpc) is 2.98. The average molecular weight is 403 g/mol. The Morgan fingerprint density at radius 1 is 1.04 bits per heavy atom. The quantitative estimate of drug-likeness (QED) is 0.825. The Kier molecular flexibility index (Phi) is 6.36. The van der Waals surface area contributed by atoms with Gasteiger partial charge in [0.15, 0.2) is 0 Å². The highest BCUT2D eigenvalue weighted by Crippen LogP contribution is 2.24. The van der Waals surface area contributed by atoms with E-state index in [0.29, 0.717) is 30.1 Å². The molecule has 0 aliphatic carbocycles. The zero-order valence-corrected chi connectivity index (χ0v) is 17.1. The van der Waals surface area contributed by atoms with E-state index < -0.39 is 10.0 Å². The fourth-order valence-electron chi connectivity index (χ4n) is 3.33. The van der Waals surface area contributed by atoms with Crippen molar-refractivity contribution in [3.63, 3.8) is 0 Å². The Labute approximate surface area is 166 Å². The number of aryl methyl sites for hydroxylation is 1. The number of amides is 1. The van der Waals surface area contributed by atoms with Crippen LogP contribution in [0.2, 0.25) is 0 Å². The zero-order chi connectivity index (χ0) is 20.1. The summed E-state index contributed by atoms with van der Waals surface area (Å²) in [5.41, 5.74) is 1.83. The first-order valence-corrected chi connectivity index (χ1v) is 10.9. The summed E-state index contributed by atoms with van der Waals surface area (Å²) in [6.45, 7) is 2.99. The molecule has 7 heteroatoms. The molecule has 0 unspecified atom stereocenters. The third-order valence-corrected chi connectivity index (χ3v) is 6.86. The van der Waals surface area contributed by atoms with Crippen LogP contribution in [0.3, 0.4) is 0 Å². The third kappa shape index (κ3) is 4.54. The number of rotatable bonds is 5. The molecule has 1 N–H and O–H groups in total. The van der Waals surface area contributed by atoms with Crippen LogP contribution in [0.4, 0.5) is 5.69 Å². The van der Waals surface area contributed by atoms with E-state index in [4.69, 9.17) is 4.74 Å². The monoisotopic (exact) mass is 402 g/mol. The normalized spacial score (nSPS) is 15.6. The molecular formula is C21H26N2O4S. The molecule has 1 aliphatic rings. The summed E-state index contributed by atoms with van der Waals surface area (Å²) in [5.74, 6) is 0.313. The van der Waals surface area contributed by atoms with Gasteiger partial charge in [-0.15, -0.1) is 0 Å². The van der Waals surface area contributed by atoms with E-state index in [1.165, 1.54) is 6.07 Å². The Morgan fingerprint density at radius 2 is 1.75 bits per heavy atom. The minimum Gasteiger partial charge on any atom is -0.496 e. The van der Waals surface area contributed by atoms with Gasteiger partial charge >= 0.3 is 0 Å². The van der Waals surface area contributed by atoms with Gasteiger partial charge in [-0.2, -0.15) is 4.31 Å². The maximum Gasteiger partial charge on any atom is 0.255 e. The van der Waals surface area contributed by atoms with Gasteiger partial charge in [-0.05, 0) is 55.7 Å². The lowest BCUT2D eigenvalue weighted by Crippen LogP contribution is -2.32. The van der Waals surface area contributed by atoms with E-state index in [9.17, 15) is 13.2 Å². The van der Waals surface area contributed by atoms with E-state index in [1.807, 2.05) is 13.0 Å². The molecule has 0 saturated carbocycles. The second kappa shape index (κ2) is 8.75. The lowest BCUT2D eigenvalue weighted by atomic mass is 10.1. The standard InChI is InChI=1S/C21H26N2O4S/c1-16-10-11-17(14-20(16)27-2)21(24)22-18-8-7-9-19(15-18)28(25,26)23-12-5-3-4-6-13-23/h7-11,14-15H,3-6,12-13H2,1-2H3,(H,22,24). The van der Waals surface area contributed by atoms with Gasteiger partial charge in [0.05, 0.1) is 12.0 Å². The second-order valence-corrected chi connectivity index (χ2v) is 8.92.